The van der Waals surface area contributed by atoms with Crippen molar-refractivity contribution in [2.24, 2.45) is 5.92 Å². The van der Waals surface area contributed by atoms with Crippen LogP contribution in [0, 0.1) is 5.92 Å². The summed E-state index contributed by atoms with van der Waals surface area (Å²) in [6.45, 7) is 5.65. The van der Waals surface area contributed by atoms with Gasteiger partial charge in [-0.3, -0.25) is 4.98 Å². The average molecular weight is 204 g/mol. The van der Waals surface area contributed by atoms with Crippen molar-refractivity contribution in [3.8, 4) is 0 Å². The third-order valence-electron chi connectivity index (χ3n) is 3.29. The van der Waals surface area contributed by atoms with Gasteiger partial charge >= 0.3 is 0 Å². The second kappa shape index (κ2) is 4.31. The molecule has 1 aliphatic rings. The zero-order valence-electron chi connectivity index (χ0n) is 9.66. The van der Waals surface area contributed by atoms with Gasteiger partial charge in [0, 0.05) is 30.4 Å². The summed E-state index contributed by atoms with van der Waals surface area (Å²) >= 11 is 0. The first-order chi connectivity index (χ1) is 7.18. The largest absolute Gasteiger partial charge is 0.311 e. The van der Waals surface area contributed by atoms with Gasteiger partial charge in [0.25, 0.3) is 0 Å². The minimum Gasteiger partial charge on any atom is -0.311 e. The molecule has 1 N–H and O–H groups in total. The summed E-state index contributed by atoms with van der Waals surface area (Å²) in [4.78, 5) is 4.32. The maximum atomic E-state index is 4.32. The normalized spacial score (nSPS) is 16.7. The highest BCUT2D eigenvalue weighted by Gasteiger charge is 2.36. The number of nitrogens with one attached hydrogen (secondary N) is 1. The van der Waals surface area contributed by atoms with E-state index in [2.05, 4.69) is 30.2 Å². The third-order valence-corrected chi connectivity index (χ3v) is 3.29. The average Bonchev–Trinajstić information content (AvgIpc) is 3.02. The maximum Gasteiger partial charge on any atom is 0.0416 e. The lowest BCUT2D eigenvalue weighted by Gasteiger charge is -2.26. The van der Waals surface area contributed by atoms with Crippen LogP contribution >= 0.6 is 0 Å². The fraction of sp³-hybridized carbons (Fsp3) is 0.615. The van der Waals surface area contributed by atoms with Crippen molar-refractivity contribution in [2.75, 3.05) is 6.54 Å². The fourth-order valence-corrected chi connectivity index (χ4v) is 2.01. The van der Waals surface area contributed by atoms with Gasteiger partial charge in [0.1, 0.15) is 0 Å². The Morgan fingerprint density at radius 1 is 1.40 bits per heavy atom. The van der Waals surface area contributed by atoms with Gasteiger partial charge in [-0.15, -0.1) is 0 Å². The molecule has 15 heavy (non-hydrogen) atoms. The van der Waals surface area contributed by atoms with E-state index in [1.807, 2.05) is 18.3 Å². The quantitative estimate of drug-likeness (QED) is 0.796. The van der Waals surface area contributed by atoms with E-state index in [-0.39, 0.29) is 0 Å². The second-order valence-corrected chi connectivity index (χ2v) is 4.99. The summed E-state index contributed by atoms with van der Waals surface area (Å²) in [5.41, 5.74) is 1.49. The Hall–Kier alpha value is -0.890. The number of nitrogens with zero attached hydrogens (tertiary/aromatic N) is 1. The molecule has 0 aromatic carbocycles. The van der Waals surface area contributed by atoms with Crippen LogP contribution in [0.4, 0.5) is 0 Å². The summed E-state index contributed by atoms with van der Waals surface area (Å²) < 4.78 is 0. The highest BCUT2D eigenvalue weighted by molar-refractivity contribution is 5.04. The predicted molar refractivity (Wildman–Crippen MR) is 62.7 cm³/mol. The minimum absolute atomic E-state index is 0.314. The molecule has 1 aromatic heterocycles. The van der Waals surface area contributed by atoms with Crippen molar-refractivity contribution in [1.29, 1.82) is 0 Å². The number of hydrogen-bond donors (Lipinski definition) is 1. The Morgan fingerprint density at radius 2 is 2.20 bits per heavy atom. The number of hydrogen-bond acceptors (Lipinski definition) is 2. The van der Waals surface area contributed by atoms with E-state index >= 15 is 0 Å². The number of aromatic nitrogens is 1. The Kier molecular flexibility index (Phi) is 3.06. The molecular formula is C13H20N2. The van der Waals surface area contributed by atoms with E-state index in [0.717, 1.165) is 18.9 Å². The van der Waals surface area contributed by atoms with Crippen LogP contribution in [0.25, 0.3) is 0 Å². The topological polar surface area (TPSA) is 24.9 Å². The molecule has 1 heterocycles. The van der Waals surface area contributed by atoms with Gasteiger partial charge in [-0.2, -0.15) is 0 Å². The lowest BCUT2D eigenvalue weighted by molar-refractivity contribution is 0.344. The Labute approximate surface area is 92.1 Å². The number of pyridine rings is 1. The van der Waals surface area contributed by atoms with Crippen LogP contribution in [0.2, 0.25) is 0 Å². The van der Waals surface area contributed by atoms with Crippen molar-refractivity contribution in [1.82, 2.24) is 10.3 Å². The van der Waals surface area contributed by atoms with Crippen molar-refractivity contribution < 1.29 is 0 Å². The van der Waals surface area contributed by atoms with Crippen LogP contribution in [-0.4, -0.2) is 17.1 Å². The molecule has 1 saturated carbocycles. The lowest BCUT2D eigenvalue weighted by atomic mass is 9.98. The highest BCUT2D eigenvalue weighted by atomic mass is 15.0. The molecule has 2 heteroatoms. The molecule has 0 spiro atoms. The lowest BCUT2D eigenvalue weighted by Crippen LogP contribution is -2.42. The van der Waals surface area contributed by atoms with Gasteiger partial charge in [-0.25, -0.2) is 0 Å². The van der Waals surface area contributed by atoms with E-state index in [0.29, 0.717) is 5.54 Å². The van der Waals surface area contributed by atoms with Crippen molar-refractivity contribution in [3.63, 3.8) is 0 Å². The van der Waals surface area contributed by atoms with Gasteiger partial charge in [0.15, 0.2) is 0 Å². The molecule has 0 bridgehead atoms. The van der Waals surface area contributed by atoms with E-state index in [1.165, 1.54) is 18.5 Å². The molecular weight excluding hydrogens is 184 g/mol. The monoisotopic (exact) mass is 204 g/mol. The fourth-order valence-electron chi connectivity index (χ4n) is 2.01. The molecule has 0 amide bonds. The zero-order chi connectivity index (χ0) is 10.7. The summed E-state index contributed by atoms with van der Waals surface area (Å²) in [5, 5.41) is 3.63. The van der Waals surface area contributed by atoms with Gasteiger partial charge in [-0.1, -0.05) is 6.07 Å². The molecule has 1 aromatic rings. The van der Waals surface area contributed by atoms with Crippen LogP contribution in [0.15, 0.2) is 24.4 Å². The molecule has 0 unspecified atom stereocenters. The first kappa shape index (κ1) is 10.6. The zero-order valence-corrected chi connectivity index (χ0v) is 9.66. The summed E-state index contributed by atoms with van der Waals surface area (Å²) in [7, 11) is 0. The van der Waals surface area contributed by atoms with Crippen LogP contribution in [0.5, 0.6) is 0 Å². The summed E-state index contributed by atoms with van der Waals surface area (Å²) in [6.07, 6.45) is 5.67. The molecule has 0 saturated heterocycles. The van der Waals surface area contributed by atoms with E-state index < -0.39 is 0 Å². The number of rotatable bonds is 5. The second-order valence-electron chi connectivity index (χ2n) is 4.99. The Balaban J connectivity index is 1.75. The third kappa shape index (κ3) is 3.03. The molecule has 2 nitrogen and oxygen atoms in total. The van der Waals surface area contributed by atoms with Crippen LogP contribution in [0.1, 0.15) is 32.4 Å². The maximum absolute atomic E-state index is 4.32. The molecule has 2 rings (SSSR count). The first-order valence-electron chi connectivity index (χ1n) is 5.83. The molecule has 1 aliphatic carbocycles. The SMILES string of the molecule is CC(C)(NCCc1ccccn1)C1CC1. The molecule has 82 valence electrons. The predicted octanol–water partition coefficient (Wildman–Crippen LogP) is 2.40. The van der Waals surface area contributed by atoms with Crippen molar-refractivity contribution in [2.45, 2.75) is 38.6 Å². The van der Waals surface area contributed by atoms with Gasteiger partial charge in [0.05, 0.1) is 0 Å². The van der Waals surface area contributed by atoms with Crippen LogP contribution in [-0.2, 0) is 6.42 Å². The van der Waals surface area contributed by atoms with E-state index in [9.17, 15) is 0 Å². The molecule has 1 fully saturated rings. The summed E-state index contributed by atoms with van der Waals surface area (Å²) in [5.74, 6) is 0.890. The minimum atomic E-state index is 0.314. The van der Waals surface area contributed by atoms with Gasteiger partial charge < -0.3 is 5.32 Å². The van der Waals surface area contributed by atoms with E-state index in [1.54, 1.807) is 0 Å². The highest BCUT2D eigenvalue weighted by Crippen LogP contribution is 2.38. The van der Waals surface area contributed by atoms with Crippen molar-refractivity contribution in [3.05, 3.63) is 30.1 Å². The Bertz CT molecular complexity index is 302. The molecule has 0 atom stereocenters. The van der Waals surface area contributed by atoms with Gasteiger partial charge in [-0.05, 0) is 44.7 Å². The smallest absolute Gasteiger partial charge is 0.0416 e. The van der Waals surface area contributed by atoms with Crippen LogP contribution in [0.3, 0.4) is 0 Å². The first-order valence-corrected chi connectivity index (χ1v) is 5.83. The van der Waals surface area contributed by atoms with Gasteiger partial charge in [0.2, 0.25) is 0 Å². The van der Waals surface area contributed by atoms with E-state index in [4.69, 9.17) is 0 Å². The summed E-state index contributed by atoms with van der Waals surface area (Å²) in [6, 6.07) is 6.10. The van der Waals surface area contributed by atoms with Crippen LogP contribution < -0.4 is 5.32 Å². The molecule has 0 aliphatic heterocycles. The standard InChI is InChI=1S/C13H20N2/c1-13(2,11-6-7-11)15-10-8-12-5-3-4-9-14-12/h3-5,9,11,15H,6-8,10H2,1-2H3. The Morgan fingerprint density at radius 3 is 2.80 bits per heavy atom. The van der Waals surface area contributed by atoms with Crippen molar-refractivity contribution >= 4 is 0 Å². The molecule has 0 radical (unpaired) electrons.